The Morgan fingerprint density at radius 1 is 1.00 bits per heavy atom. The summed E-state index contributed by atoms with van der Waals surface area (Å²) in [7, 11) is 5.91. The molecular formula is C14H28N6. The number of aromatic nitrogens is 3. The summed E-state index contributed by atoms with van der Waals surface area (Å²) in [5, 5.41) is 3.16. The largest absolute Gasteiger partial charge is 0.354 e. The topological polar surface area (TPSA) is 57.2 Å². The number of hydrogen-bond acceptors (Lipinski definition) is 6. The van der Waals surface area contributed by atoms with Crippen LogP contribution in [0.1, 0.15) is 34.1 Å². The fraction of sp³-hybridized carbons (Fsp3) is 0.786. The minimum Gasteiger partial charge on any atom is -0.354 e. The van der Waals surface area contributed by atoms with Crippen LogP contribution in [0.5, 0.6) is 0 Å². The number of nitrogens with zero attached hydrogens (tertiary/aromatic N) is 5. The van der Waals surface area contributed by atoms with Crippen molar-refractivity contribution in [2.45, 2.75) is 40.2 Å². The lowest BCUT2D eigenvalue weighted by Crippen LogP contribution is -2.32. The average molecular weight is 280 g/mol. The number of rotatable bonds is 7. The van der Waals surface area contributed by atoms with Crippen LogP contribution in [0, 0.1) is 5.92 Å². The summed E-state index contributed by atoms with van der Waals surface area (Å²) >= 11 is 0. The lowest BCUT2D eigenvalue weighted by Gasteiger charge is -2.27. The van der Waals surface area contributed by atoms with Crippen LogP contribution in [0.15, 0.2) is 0 Å². The molecular weight excluding hydrogens is 252 g/mol. The Balaban J connectivity index is 3.02. The molecule has 0 radical (unpaired) electrons. The van der Waals surface area contributed by atoms with E-state index in [1.165, 1.54) is 0 Å². The molecule has 0 aliphatic heterocycles. The SMILES string of the molecule is CCNc1nc(N(C)C)nc(N(C)C(C)CC(C)C)n1. The Kier molecular flexibility index (Phi) is 5.98. The smallest absolute Gasteiger partial charge is 0.231 e. The van der Waals surface area contributed by atoms with E-state index in [2.05, 4.69) is 45.9 Å². The van der Waals surface area contributed by atoms with E-state index in [9.17, 15) is 0 Å². The molecule has 1 rings (SSSR count). The Hall–Kier alpha value is -1.59. The first-order valence-electron chi connectivity index (χ1n) is 7.25. The van der Waals surface area contributed by atoms with Crippen LogP contribution in [0.2, 0.25) is 0 Å². The van der Waals surface area contributed by atoms with E-state index >= 15 is 0 Å². The molecule has 0 fully saturated rings. The molecule has 0 saturated heterocycles. The van der Waals surface area contributed by atoms with E-state index in [1.807, 2.05) is 33.0 Å². The van der Waals surface area contributed by atoms with E-state index in [4.69, 9.17) is 0 Å². The summed E-state index contributed by atoms with van der Waals surface area (Å²) in [6.07, 6.45) is 1.11. The average Bonchev–Trinajstić information content (AvgIpc) is 2.37. The molecule has 1 aromatic rings. The first-order chi connectivity index (χ1) is 9.35. The van der Waals surface area contributed by atoms with E-state index in [1.54, 1.807) is 0 Å². The summed E-state index contributed by atoms with van der Waals surface area (Å²) in [5.74, 6) is 2.67. The van der Waals surface area contributed by atoms with Gasteiger partial charge in [0.25, 0.3) is 0 Å². The first kappa shape index (κ1) is 16.5. The normalized spacial score (nSPS) is 12.4. The van der Waals surface area contributed by atoms with Crippen molar-refractivity contribution in [3.05, 3.63) is 0 Å². The van der Waals surface area contributed by atoms with Crippen molar-refractivity contribution in [1.82, 2.24) is 15.0 Å². The van der Waals surface area contributed by atoms with Gasteiger partial charge >= 0.3 is 0 Å². The zero-order chi connectivity index (χ0) is 15.3. The van der Waals surface area contributed by atoms with Gasteiger partial charge in [0.15, 0.2) is 0 Å². The Morgan fingerprint density at radius 3 is 2.10 bits per heavy atom. The van der Waals surface area contributed by atoms with Gasteiger partial charge in [0.1, 0.15) is 0 Å². The predicted octanol–water partition coefficient (Wildman–Crippen LogP) is 2.24. The van der Waals surface area contributed by atoms with Crippen molar-refractivity contribution >= 4 is 17.8 Å². The highest BCUT2D eigenvalue weighted by Crippen LogP contribution is 2.18. The maximum Gasteiger partial charge on any atom is 0.231 e. The molecule has 0 aliphatic carbocycles. The van der Waals surface area contributed by atoms with Gasteiger partial charge in [-0.05, 0) is 26.2 Å². The van der Waals surface area contributed by atoms with Gasteiger partial charge < -0.3 is 15.1 Å². The van der Waals surface area contributed by atoms with Crippen molar-refractivity contribution in [3.8, 4) is 0 Å². The third kappa shape index (κ3) is 4.51. The molecule has 1 unspecified atom stereocenters. The van der Waals surface area contributed by atoms with E-state index in [0.717, 1.165) is 13.0 Å². The molecule has 1 N–H and O–H groups in total. The Bertz CT molecular complexity index is 418. The predicted molar refractivity (Wildman–Crippen MR) is 85.6 cm³/mol. The van der Waals surface area contributed by atoms with Crippen LogP contribution in [-0.4, -0.2) is 48.7 Å². The van der Waals surface area contributed by atoms with Crippen molar-refractivity contribution in [3.63, 3.8) is 0 Å². The second kappa shape index (κ2) is 7.26. The van der Waals surface area contributed by atoms with Gasteiger partial charge in [-0.25, -0.2) is 0 Å². The molecule has 0 bridgehead atoms. The lowest BCUT2D eigenvalue weighted by molar-refractivity contribution is 0.499. The highest BCUT2D eigenvalue weighted by molar-refractivity contribution is 5.44. The summed E-state index contributed by atoms with van der Waals surface area (Å²) in [5.41, 5.74) is 0. The van der Waals surface area contributed by atoms with Gasteiger partial charge in [-0.2, -0.15) is 15.0 Å². The zero-order valence-electron chi connectivity index (χ0n) is 13.8. The molecule has 0 aliphatic rings. The highest BCUT2D eigenvalue weighted by Gasteiger charge is 2.17. The minimum absolute atomic E-state index is 0.391. The quantitative estimate of drug-likeness (QED) is 0.826. The lowest BCUT2D eigenvalue weighted by atomic mass is 10.0. The summed E-state index contributed by atoms with van der Waals surface area (Å²) in [4.78, 5) is 17.4. The zero-order valence-corrected chi connectivity index (χ0v) is 13.8. The van der Waals surface area contributed by atoms with Crippen LogP contribution < -0.4 is 15.1 Å². The van der Waals surface area contributed by atoms with Gasteiger partial charge in [0.05, 0.1) is 0 Å². The second-order valence-electron chi connectivity index (χ2n) is 5.77. The molecule has 114 valence electrons. The van der Waals surface area contributed by atoms with Crippen LogP contribution in [0.3, 0.4) is 0 Å². The maximum atomic E-state index is 4.53. The number of anilines is 3. The summed E-state index contributed by atoms with van der Waals surface area (Å²) in [6.45, 7) is 9.48. The van der Waals surface area contributed by atoms with Crippen molar-refractivity contribution < 1.29 is 0 Å². The number of nitrogens with one attached hydrogen (secondary N) is 1. The standard InChI is InChI=1S/C14H28N6/c1-8-15-12-16-13(19(5)6)18-14(17-12)20(7)11(4)9-10(2)3/h10-11H,8-9H2,1-7H3,(H,15,16,17,18). The molecule has 0 saturated carbocycles. The molecule has 0 aromatic carbocycles. The maximum absolute atomic E-state index is 4.53. The first-order valence-corrected chi connectivity index (χ1v) is 7.25. The second-order valence-corrected chi connectivity index (χ2v) is 5.77. The van der Waals surface area contributed by atoms with Gasteiger partial charge in [-0.1, -0.05) is 13.8 Å². The van der Waals surface area contributed by atoms with Gasteiger partial charge in [-0.15, -0.1) is 0 Å². The van der Waals surface area contributed by atoms with Crippen LogP contribution in [0.4, 0.5) is 17.8 Å². The molecule has 6 heteroatoms. The fourth-order valence-corrected chi connectivity index (χ4v) is 1.99. The summed E-state index contributed by atoms with van der Waals surface area (Å²) in [6, 6.07) is 0.391. The third-order valence-electron chi connectivity index (χ3n) is 3.14. The van der Waals surface area contributed by atoms with Crippen LogP contribution >= 0.6 is 0 Å². The van der Waals surface area contributed by atoms with Gasteiger partial charge in [-0.3, -0.25) is 0 Å². The molecule has 1 heterocycles. The molecule has 0 spiro atoms. The monoisotopic (exact) mass is 280 g/mol. The number of hydrogen-bond donors (Lipinski definition) is 1. The molecule has 1 aromatic heterocycles. The van der Waals surface area contributed by atoms with Crippen molar-refractivity contribution in [2.75, 3.05) is 42.8 Å². The Labute approximate surface area is 122 Å². The minimum atomic E-state index is 0.391. The van der Waals surface area contributed by atoms with Crippen LogP contribution in [0.25, 0.3) is 0 Å². The molecule has 20 heavy (non-hydrogen) atoms. The van der Waals surface area contributed by atoms with Gasteiger partial charge in [0.2, 0.25) is 17.8 Å². The molecule has 0 amide bonds. The molecule has 1 atom stereocenters. The summed E-state index contributed by atoms with van der Waals surface area (Å²) < 4.78 is 0. The van der Waals surface area contributed by atoms with Gasteiger partial charge in [0, 0.05) is 33.7 Å². The fourth-order valence-electron chi connectivity index (χ4n) is 1.99. The van der Waals surface area contributed by atoms with E-state index < -0.39 is 0 Å². The Morgan fingerprint density at radius 2 is 1.60 bits per heavy atom. The van der Waals surface area contributed by atoms with E-state index in [-0.39, 0.29) is 0 Å². The molecule has 6 nitrogen and oxygen atoms in total. The highest BCUT2D eigenvalue weighted by atomic mass is 15.3. The van der Waals surface area contributed by atoms with E-state index in [0.29, 0.717) is 29.8 Å². The van der Waals surface area contributed by atoms with Crippen molar-refractivity contribution in [2.24, 2.45) is 5.92 Å². The van der Waals surface area contributed by atoms with Crippen LogP contribution in [-0.2, 0) is 0 Å². The third-order valence-corrected chi connectivity index (χ3v) is 3.14. The van der Waals surface area contributed by atoms with Crippen molar-refractivity contribution in [1.29, 1.82) is 0 Å².